The lowest BCUT2D eigenvalue weighted by Gasteiger charge is -2.15. The first-order valence-corrected chi connectivity index (χ1v) is 8.08. The molecule has 1 unspecified atom stereocenters. The summed E-state index contributed by atoms with van der Waals surface area (Å²) in [5, 5.41) is 13.6. The van der Waals surface area contributed by atoms with Crippen molar-refractivity contribution in [3.63, 3.8) is 0 Å². The van der Waals surface area contributed by atoms with Gasteiger partial charge in [0.2, 0.25) is 5.82 Å². The minimum Gasteiger partial charge on any atom is -0.393 e. The zero-order chi connectivity index (χ0) is 17.7. The standard InChI is InChI=1S/C17H23FN4O2/c1-4-7-15-19-16(17(24)21(3)11-10-12(2)23)20-22(15)14-9-6-5-8-13(14)18/h5-6,8-9,12,23H,4,7,10-11H2,1-3H3. The summed E-state index contributed by atoms with van der Waals surface area (Å²) in [5.41, 5.74) is 0.277. The molecule has 0 aliphatic rings. The Morgan fingerprint density at radius 2 is 2.12 bits per heavy atom. The molecule has 0 saturated carbocycles. The fourth-order valence-corrected chi connectivity index (χ4v) is 2.29. The first kappa shape index (κ1) is 18.1. The molecule has 24 heavy (non-hydrogen) atoms. The van der Waals surface area contributed by atoms with E-state index in [1.54, 1.807) is 32.2 Å². The van der Waals surface area contributed by atoms with Crippen LogP contribution < -0.4 is 0 Å². The van der Waals surface area contributed by atoms with E-state index in [9.17, 15) is 14.3 Å². The first-order valence-electron chi connectivity index (χ1n) is 8.08. The highest BCUT2D eigenvalue weighted by Gasteiger charge is 2.21. The van der Waals surface area contributed by atoms with E-state index in [1.165, 1.54) is 15.6 Å². The quantitative estimate of drug-likeness (QED) is 0.843. The Morgan fingerprint density at radius 3 is 2.75 bits per heavy atom. The molecule has 0 bridgehead atoms. The van der Waals surface area contributed by atoms with E-state index >= 15 is 0 Å². The van der Waals surface area contributed by atoms with E-state index in [-0.39, 0.29) is 17.4 Å². The number of amides is 1. The van der Waals surface area contributed by atoms with Gasteiger partial charge in [-0.3, -0.25) is 4.79 Å². The summed E-state index contributed by atoms with van der Waals surface area (Å²) in [7, 11) is 1.63. The van der Waals surface area contributed by atoms with Crippen molar-refractivity contribution in [2.24, 2.45) is 0 Å². The summed E-state index contributed by atoms with van der Waals surface area (Å²) in [6, 6.07) is 6.27. The number of benzene rings is 1. The van der Waals surface area contributed by atoms with Crippen molar-refractivity contribution in [1.29, 1.82) is 0 Å². The van der Waals surface area contributed by atoms with Crippen LogP contribution in [-0.4, -0.2) is 50.4 Å². The van der Waals surface area contributed by atoms with Gasteiger partial charge in [-0.25, -0.2) is 14.1 Å². The van der Waals surface area contributed by atoms with Crippen LogP contribution in [0.15, 0.2) is 24.3 Å². The molecule has 7 heteroatoms. The zero-order valence-electron chi connectivity index (χ0n) is 14.2. The van der Waals surface area contributed by atoms with E-state index in [0.29, 0.717) is 25.2 Å². The molecule has 0 aliphatic heterocycles. The van der Waals surface area contributed by atoms with Crippen molar-refractivity contribution in [3.8, 4) is 5.69 Å². The smallest absolute Gasteiger partial charge is 0.293 e. The average Bonchev–Trinajstić information content (AvgIpc) is 2.96. The Hall–Kier alpha value is -2.28. The maximum absolute atomic E-state index is 14.1. The van der Waals surface area contributed by atoms with Gasteiger partial charge in [-0.2, -0.15) is 0 Å². The van der Waals surface area contributed by atoms with Gasteiger partial charge in [-0.1, -0.05) is 19.1 Å². The Balaban J connectivity index is 2.31. The molecule has 6 nitrogen and oxygen atoms in total. The van der Waals surface area contributed by atoms with Crippen molar-refractivity contribution >= 4 is 5.91 Å². The number of aliphatic hydroxyl groups is 1. The number of nitrogens with zero attached hydrogens (tertiary/aromatic N) is 4. The molecule has 1 N–H and O–H groups in total. The van der Waals surface area contributed by atoms with Gasteiger partial charge in [0, 0.05) is 20.0 Å². The van der Waals surface area contributed by atoms with Gasteiger partial charge in [0.05, 0.1) is 6.10 Å². The van der Waals surface area contributed by atoms with Gasteiger partial charge in [0.15, 0.2) is 0 Å². The number of carbonyl (C=O) groups is 1. The second kappa shape index (κ2) is 8.01. The Kier molecular flexibility index (Phi) is 6.03. The first-order chi connectivity index (χ1) is 11.4. The van der Waals surface area contributed by atoms with E-state index in [0.717, 1.165) is 6.42 Å². The number of halogens is 1. The molecule has 0 aliphatic carbocycles. The molecular weight excluding hydrogens is 311 g/mol. The third-order valence-electron chi connectivity index (χ3n) is 3.65. The molecule has 1 aromatic carbocycles. The minimum atomic E-state index is -0.486. The maximum atomic E-state index is 14.1. The number of aliphatic hydroxyl groups excluding tert-OH is 1. The van der Waals surface area contributed by atoms with Crippen LogP contribution in [0.1, 0.15) is 43.1 Å². The molecule has 1 heterocycles. The summed E-state index contributed by atoms with van der Waals surface area (Å²) in [5.74, 6) is -0.172. The van der Waals surface area contributed by atoms with E-state index < -0.39 is 11.9 Å². The zero-order valence-corrected chi connectivity index (χ0v) is 14.2. The lowest BCUT2D eigenvalue weighted by Crippen LogP contribution is -2.30. The second-order valence-corrected chi connectivity index (χ2v) is 5.83. The summed E-state index contributed by atoms with van der Waals surface area (Å²) >= 11 is 0. The van der Waals surface area contributed by atoms with Crippen LogP contribution in [0, 0.1) is 5.82 Å². The van der Waals surface area contributed by atoms with Gasteiger partial charge < -0.3 is 10.0 Å². The predicted molar refractivity (Wildman–Crippen MR) is 88.6 cm³/mol. The van der Waals surface area contributed by atoms with Crippen LogP contribution in [-0.2, 0) is 6.42 Å². The summed E-state index contributed by atoms with van der Waals surface area (Å²) < 4.78 is 15.5. The summed E-state index contributed by atoms with van der Waals surface area (Å²) in [4.78, 5) is 18.2. The number of hydrogen-bond acceptors (Lipinski definition) is 4. The third-order valence-corrected chi connectivity index (χ3v) is 3.65. The summed E-state index contributed by atoms with van der Waals surface area (Å²) in [6.45, 7) is 4.05. The molecule has 0 saturated heterocycles. The largest absolute Gasteiger partial charge is 0.393 e. The van der Waals surface area contributed by atoms with Crippen molar-refractivity contribution < 1.29 is 14.3 Å². The van der Waals surface area contributed by atoms with E-state index in [4.69, 9.17) is 0 Å². The van der Waals surface area contributed by atoms with Gasteiger partial charge >= 0.3 is 0 Å². The molecule has 2 aromatic rings. The van der Waals surface area contributed by atoms with E-state index in [2.05, 4.69) is 10.1 Å². The fourth-order valence-electron chi connectivity index (χ4n) is 2.29. The lowest BCUT2D eigenvalue weighted by atomic mass is 10.2. The number of para-hydroxylation sites is 1. The van der Waals surface area contributed by atoms with Crippen LogP contribution in [0.25, 0.3) is 5.69 Å². The van der Waals surface area contributed by atoms with Crippen LogP contribution in [0.2, 0.25) is 0 Å². The molecule has 1 atom stereocenters. The number of hydrogen-bond donors (Lipinski definition) is 1. The number of rotatable bonds is 7. The van der Waals surface area contributed by atoms with Crippen LogP contribution in [0.5, 0.6) is 0 Å². The number of aryl methyl sites for hydroxylation is 1. The Labute approximate surface area is 140 Å². The fraction of sp³-hybridized carbons (Fsp3) is 0.471. The highest BCUT2D eigenvalue weighted by molar-refractivity contribution is 5.90. The topological polar surface area (TPSA) is 71.2 Å². The molecule has 1 aromatic heterocycles. The Bertz CT molecular complexity index is 700. The molecule has 0 fully saturated rings. The predicted octanol–water partition coefficient (Wildman–Crippen LogP) is 2.20. The number of carbonyl (C=O) groups excluding carboxylic acids is 1. The summed E-state index contributed by atoms with van der Waals surface area (Å²) in [6.07, 6.45) is 1.38. The maximum Gasteiger partial charge on any atom is 0.293 e. The SMILES string of the molecule is CCCc1nc(C(=O)N(C)CCC(C)O)nn1-c1ccccc1F. The lowest BCUT2D eigenvalue weighted by molar-refractivity contribution is 0.0757. The molecule has 0 radical (unpaired) electrons. The normalized spacial score (nSPS) is 12.2. The van der Waals surface area contributed by atoms with Crippen molar-refractivity contribution in [3.05, 3.63) is 41.7 Å². The van der Waals surface area contributed by atoms with Crippen LogP contribution in [0.3, 0.4) is 0 Å². The van der Waals surface area contributed by atoms with Gasteiger partial charge in [-0.05, 0) is 31.9 Å². The van der Waals surface area contributed by atoms with Crippen LogP contribution >= 0.6 is 0 Å². The van der Waals surface area contributed by atoms with Crippen molar-refractivity contribution in [1.82, 2.24) is 19.7 Å². The van der Waals surface area contributed by atoms with Gasteiger partial charge in [0.1, 0.15) is 17.3 Å². The molecule has 2 rings (SSSR count). The molecular formula is C17H23FN4O2. The van der Waals surface area contributed by atoms with Gasteiger partial charge in [-0.15, -0.1) is 5.10 Å². The van der Waals surface area contributed by atoms with Crippen molar-refractivity contribution in [2.75, 3.05) is 13.6 Å². The highest BCUT2D eigenvalue weighted by atomic mass is 19.1. The van der Waals surface area contributed by atoms with E-state index in [1.807, 2.05) is 6.92 Å². The number of aromatic nitrogens is 3. The van der Waals surface area contributed by atoms with Gasteiger partial charge in [0.25, 0.3) is 5.91 Å². The molecule has 0 spiro atoms. The second-order valence-electron chi connectivity index (χ2n) is 5.83. The monoisotopic (exact) mass is 334 g/mol. The molecule has 130 valence electrons. The average molecular weight is 334 g/mol. The Morgan fingerprint density at radius 1 is 1.42 bits per heavy atom. The minimum absolute atomic E-state index is 0.0368. The van der Waals surface area contributed by atoms with Crippen LogP contribution in [0.4, 0.5) is 4.39 Å². The third kappa shape index (κ3) is 4.17. The highest BCUT2D eigenvalue weighted by Crippen LogP contribution is 2.16. The van der Waals surface area contributed by atoms with Crippen molar-refractivity contribution in [2.45, 2.75) is 39.2 Å². The molecule has 1 amide bonds.